The number of ether oxygens (including phenoxy) is 1. The number of nitrogens with zero attached hydrogens (tertiary/aromatic N) is 1. The van der Waals surface area contributed by atoms with E-state index in [4.69, 9.17) is 4.74 Å². The number of rotatable bonds is 2. The van der Waals surface area contributed by atoms with E-state index < -0.39 is 0 Å². The Labute approximate surface area is 85.9 Å². The number of aromatic nitrogens is 1. The van der Waals surface area contributed by atoms with E-state index in [0.29, 0.717) is 5.88 Å². The molecule has 0 spiro atoms. The Balaban J connectivity index is 2.19. The third-order valence-electron chi connectivity index (χ3n) is 1.77. The number of carbonyl (C=O) groups is 2. The summed E-state index contributed by atoms with van der Waals surface area (Å²) in [6.45, 7) is 0. The van der Waals surface area contributed by atoms with E-state index in [2.05, 4.69) is 4.98 Å². The summed E-state index contributed by atoms with van der Waals surface area (Å²) in [6, 6.07) is 5.07. The van der Waals surface area contributed by atoms with Crippen molar-refractivity contribution in [3.63, 3.8) is 0 Å². The van der Waals surface area contributed by atoms with Gasteiger partial charge in [0.25, 0.3) is 0 Å². The van der Waals surface area contributed by atoms with Crippen molar-refractivity contribution in [2.75, 3.05) is 0 Å². The Morgan fingerprint density at radius 2 is 2.00 bits per heavy atom. The van der Waals surface area contributed by atoms with Crippen LogP contribution in [0.4, 0.5) is 0 Å². The molecule has 1 aliphatic carbocycles. The first-order valence-electron chi connectivity index (χ1n) is 4.33. The van der Waals surface area contributed by atoms with E-state index in [0.717, 1.165) is 6.08 Å². The van der Waals surface area contributed by atoms with E-state index in [1.54, 1.807) is 24.4 Å². The van der Waals surface area contributed by atoms with Crippen molar-refractivity contribution in [2.24, 2.45) is 0 Å². The lowest BCUT2D eigenvalue weighted by Crippen LogP contribution is -2.13. The Morgan fingerprint density at radius 1 is 1.13 bits per heavy atom. The lowest BCUT2D eigenvalue weighted by atomic mass is 10.1. The zero-order valence-corrected chi connectivity index (χ0v) is 7.71. The van der Waals surface area contributed by atoms with E-state index >= 15 is 0 Å². The van der Waals surface area contributed by atoms with Crippen LogP contribution in [0.5, 0.6) is 5.88 Å². The molecule has 74 valence electrons. The maximum atomic E-state index is 11.3. The monoisotopic (exact) mass is 201 g/mol. The topological polar surface area (TPSA) is 56.3 Å². The van der Waals surface area contributed by atoms with Crippen LogP contribution < -0.4 is 4.74 Å². The van der Waals surface area contributed by atoms with Crippen LogP contribution in [0.15, 0.2) is 48.4 Å². The second-order valence-corrected chi connectivity index (χ2v) is 2.88. The van der Waals surface area contributed by atoms with Gasteiger partial charge in [-0.25, -0.2) is 4.98 Å². The van der Waals surface area contributed by atoms with Gasteiger partial charge in [0.15, 0.2) is 11.5 Å². The molecule has 0 atom stereocenters. The second kappa shape index (κ2) is 3.88. The Bertz CT molecular complexity index is 460. The SMILES string of the molecule is O=C1C=CC(=O)C(Oc2ccccn2)=C1. The highest BCUT2D eigenvalue weighted by Gasteiger charge is 2.15. The van der Waals surface area contributed by atoms with Crippen LogP contribution in [0.3, 0.4) is 0 Å². The summed E-state index contributed by atoms with van der Waals surface area (Å²) in [6.07, 6.45) is 5.08. The zero-order valence-electron chi connectivity index (χ0n) is 7.71. The van der Waals surface area contributed by atoms with Crippen LogP contribution in [0, 0.1) is 0 Å². The molecule has 0 saturated heterocycles. The second-order valence-electron chi connectivity index (χ2n) is 2.88. The van der Waals surface area contributed by atoms with Gasteiger partial charge in [-0.1, -0.05) is 6.07 Å². The Morgan fingerprint density at radius 3 is 2.73 bits per heavy atom. The van der Waals surface area contributed by atoms with Crippen LogP contribution in [0.2, 0.25) is 0 Å². The largest absolute Gasteiger partial charge is 0.435 e. The van der Waals surface area contributed by atoms with Gasteiger partial charge in [0.05, 0.1) is 0 Å². The molecule has 4 nitrogen and oxygen atoms in total. The minimum atomic E-state index is -0.333. The molecule has 15 heavy (non-hydrogen) atoms. The third-order valence-corrected chi connectivity index (χ3v) is 1.77. The van der Waals surface area contributed by atoms with Gasteiger partial charge in [-0.3, -0.25) is 9.59 Å². The van der Waals surface area contributed by atoms with Crippen LogP contribution in [-0.4, -0.2) is 16.6 Å². The van der Waals surface area contributed by atoms with Gasteiger partial charge < -0.3 is 4.74 Å². The standard InChI is InChI=1S/C11H7NO3/c13-8-4-5-9(14)10(7-8)15-11-3-1-2-6-12-11/h1-7H. The van der Waals surface area contributed by atoms with E-state index in [-0.39, 0.29) is 17.3 Å². The molecule has 0 aromatic carbocycles. The van der Waals surface area contributed by atoms with Crippen LogP contribution in [0.25, 0.3) is 0 Å². The fourth-order valence-electron chi connectivity index (χ4n) is 1.09. The van der Waals surface area contributed by atoms with Gasteiger partial charge in [-0.2, -0.15) is 0 Å². The molecule has 4 heteroatoms. The van der Waals surface area contributed by atoms with Crippen LogP contribution in [0.1, 0.15) is 0 Å². The number of hydrogen-bond acceptors (Lipinski definition) is 4. The molecule has 0 amide bonds. The van der Waals surface area contributed by atoms with Crippen molar-refractivity contribution in [3.8, 4) is 5.88 Å². The average Bonchev–Trinajstić information content (AvgIpc) is 2.25. The summed E-state index contributed by atoms with van der Waals surface area (Å²) >= 11 is 0. The van der Waals surface area contributed by atoms with Crippen molar-refractivity contribution in [1.82, 2.24) is 4.98 Å². The van der Waals surface area contributed by atoms with Crippen molar-refractivity contribution in [2.45, 2.75) is 0 Å². The molecule has 0 aliphatic heterocycles. The fourth-order valence-corrected chi connectivity index (χ4v) is 1.09. The van der Waals surface area contributed by atoms with E-state index in [1.165, 1.54) is 12.2 Å². The highest BCUT2D eigenvalue weighted by Crippen LogP contribution is 2.12. The minimum absolute atomic E-state index is 0.00111. The lowest BCUT2D eigenvalue weighted by Gasteiger charge is -2.07. The Kier molecular flexibility index (Phi) is 2.41. The molecule has 1 aromatic rings. The van der Waals surface area contributed by atoms with Gasteiger partial charge >= 0.3 is 0 Å². The van der Waals surface area contributed by atoms with Crippen molar-refractivity contribution in [1.29, 1.82) is 0 Å². The van der Waals surface area contributed by atoms with Gasteiger partial charge in [0, 0.05) is 18.3 Å². The van der Waals surface area contributed by atoms with E-state index in [1.807, 2.05) is 0 Å². The predicted octanol–water partition coefficient (Wildman–Crippen LogP) is 1.05. The third kappa shape index (κ3) is 2.17. The van der Waals surface area contributed by atoms with Gasteiger partial charge in [-0.15, -0.1) is 0 Å². The molecule has 0 unspecified atom stereocenters. The maximum Gasteiger partial charge on any atom is 0.221 e. The van der Waals surface area contributed by atoms with Gasteiger partial charge in [0.1, 0.15) is 0 Å². The number of ketones is 2. The van der Waals surface area contributed by atoms with Crippen molar-refractivity contribution >= 4 is 11.6 Å². The number of pyridine rings is 1. The quantitative estimate of drug-likeness (QED) is 0.671. The summed E-state index contributed by atoms with van der Waals surface area (Å²) in [4.78, 5) is 26.2. The molecule has 2 rings (SSSR count). The lowest BCUT2D eigenvalue weighted by molar-refractivity contribution is -0.116. The normalized spacial score (nSPS) is 15.1. The molecule has 1 aromatic heterocycles. The molecule has 0 saturated carbocycles. The number of allylic oxidation sites excluding steroid dienone is 3. The first-order chi connectivity index (χ1) is 7.25. The predicted molar refractivity (Wildman–Crippen MR) is 52.1 cm³/mol. The van der Waals surface area contributed by atoms with Gasteiger partial charge in [-0.05, 0) is 18.2 Å². The minimum Gasteiger partial charge on any atom is -0.435 e. The zero-order chi connectivity index (χ0) is 10.7. The first kappa shape index (κ1) is 9.33. The molecule has 1 aliphatic rings. The van der Waals surface area contributed by atoms with Crippen molar-refractivity contribution in [3.05, 3.63) is 48.4 Å². The molecule has 1 heterocycles. The summed E-state index contributed by atoms with van der Waals surface area (Å²) in [7, 11) is 0. The van der Waals surface area contributed by atoms with Crippen LogP contribution in [-0.2, 0) is 9.59 Å². The van der Waals surface area contributed by atoms with Crippen molar-refractivity contribution < 1.29 is 14.3 Å². The molecule has 0 bridgehead atoms. The van der Waals surface area contributed by atoms with Gasteiger partial charge in [0.2, 0.25) is 11.7 Å². The molecule has 0 fully saturated rings. The smallest absolute Gasteiger partial charge is 0.221 e. The summed E-state index contributed by atoms with van der Waals surface area (Å²) in [5.41, 5.74) is 0. The van der Waals surface area contributed by atoms with Crippen LogP contribution >= 0.6 is 0 Å². The molecular weight excluding hydrogens is 194 g/mol. The summed E-state index contributed by atoms with van der Waals surface area (Å²) in [5, 5.41) is 0. The fraction of sp³-hybridized carbons (Fsp3) is 0. The summed E-state index contributed by atoms with van der Waals surface area (Å²) in [5.74, 6) is -0.304. The molecule has 0 radical (unpaired) electrons. The Hall–Kier alpha value is -2.23. The average molecular weight is 201 g/mol. The maximum absolute atomic E-state index is 11.3. The highest BCUT2D eigenvalue weighted by atomic mass is 16.5. The molecular formula is C11H7NO3. The first-order valence-corrected chi connectivity index (χ1v) is 4.33. The van der Waals surface area contributed by atoms with E-state index in [9.17, 15) is 9.59 Å². The molecule has 0 N–H and O–H groups in total. The summed E-state index contributed by atoms with van der Waals surface area (Å²) < 4.78 is 5.17. The highest BCUT2D eigenvalue weighted by molar-refractivity contribution is 6.16. The number of carbonyl (C=O) groups excluding carboxylic acids is 2. The number of hydrogen-bond donors (Lipinski definition) is 0.